The Morgan fingerprint density at radius 2 is 2.00 bits per heavy atom. The molecule has 2 bridgehead atoms. The standard InChI is InChI=1S/C17H20ClNO/c1-11-15(12-6-4-3-5-7-12)20-17(19(11)2)14-9-8-13(10-14)16(17)18/h3-9,11,13-16H,10H2,1-2H3/t11-,13+,14-,15-,16+,17?/m0/s1. The molecule has 0 aromatic heterocycles. The average molecular weight is 290 g/mol. The first-order valence-electron chi connectivity index (χ1n) is 7.42. The summed E-state index contributed by atoms with van der Waals surface area (Å²) in [5.41, 5.74) is 0.931. The van der Waals surface area contributed by atoms with Gasteiger partial charge in [0.05, 0.1) is 5.38 Å². The van der Waals surface area contributed by atoms with E-state index in [1.54, 1.807) is 0 Å². The fourth-order valence-corrected chi connectivity index (χ4v) is 4.82. The van der Waals surface area contributed by atoms with Gasteiger partial charge in [-0.15, -0.1) is 11.6 Å². The Morgan fingerprint density at radius 3 is 2.65 bits per heavy atom. The van der Waals surface area contributed by atoms with E-state index < -0.39 is 0 Å². The summed E-state index contributed by atoms with van der Waals surface area (Å²) in [6.07, 6.45) is 5.81. The summed E-state index contributed by atoms with van der Waals surface area (Å²) >= 11 is 6.77. The Labute approximate surface area is 125 Å². The van der Waals surface area contributed by atoms with Crippen LogP contribution in [0.15, 0.2) is 42.5 Å². The first-order valence-corrected chi connectivity index (χ1v) is 7.86. The molecular formula is C17H20ClNO. The zero-order valence-electron chi connectivity index (χ0n) is 11.9. The second kappa shape index (κ2) is 4.33. The molecule has 106 valence electrons. The highest BCUT2D eigenvalue weighted by Crippen LogP contribution is 2.58. The number of fused-ring (bicyclic) bond motifs is 3. The van der Waals surface area contributed by atoms with Gasteiger partial charge < -0.3 is 4.74 Å². The number of allylic oxidation sites excluding steroid dienone is 1. The number of nitrogens with zero attached hydrogens (tertiary/aromatic N) is 1. The maximum atomic E-state index is 6.77. The van der Waals surface area contributed by atoms with Gasteiger partial charge in [0.1, 0.15) is 11.8 Å². The molecule has 1 heterocycles. The molecule has 2 aliphatic carbocycles. The predicted octanol–water partition coefficient (Wildman–Crippen LogP) is 3.59. The van der Waals surface area contributed by atoms with Crippen LogP contribution in [0.25, 0.3) is 0 Å². The van der Waals surface area contributed by atoms with Crippen molar-refractivity contribution in [2.24, 2.45) is 11.8 Å². The maximum absolute atomic E-state index is 6.77. The fraction of sp³-hybridized carbons (Fsp3) is 0.529. The molecule has 20 heavy (non-hydrogen) atoms. The number of ether oxygens (including phenoxy) is 1. The second-order valence-electron chi connectivity index (χ2n) is 6.35. The van der Waals surface area contributed by atoms with Crippen LogP contribution in [0.2, 0.25) is 0 Å². The molecule has 1 unspecified atom stereocenters. The lowest BCUT2D eigenvalue weighted by Crippen LogP contribution is -2.54. The van der Waals surface area contributed by atoms with E-state index in [-0.39, 0.29) is 17.2 Å². The van der Waals surface area contributed by atoms with Gasteiger partial charge in [0, 0.05) is 12.0 Å². The zero-order chi connectivity index (χ0) is 13.9. The van der Waals surface area contributed by atoms with Crippen LogP contribution in [0.3, 0.4) is 0 Å². The van der Waals surface area contributed by atoms with Crippen molar-refractivity contribution in [3.05, 3.63) is 48.0 Å². The van der Waals surface area contributed by atoms with Crippen molar-refractivity contribution in [3.63, 3.8) is 0 Å². The zero-order valence-corrected chi connectivity index (χ0v) is 12.6. The van der Waals surface area contributed by atoms with Crippen molar-refractivity contribution in [1.82, 2.24) is 4.90 Å². The number of halogens is 1. The van der Waals surface area contributed by atoms with Crippen LogP contribution >= 0.6 is 11.6 Å². The molecule has 0 radical (unpaired) electrons. The first kappa shape index (κ1) is 12.9. The van der Waals surface area contributed by atoms with Gasteiger partial charge >= 0.3 is 0 Å². The third-order valence-corrected chi connectivity index (χ3v) is 6.10. The van der Waals surface area contributed by atoms with Crippen molar-refractivity contribution in [2.45, 2.75) is 36.6 Å². The number of hydrogen-bond donors (Lipinski definition) is 0. The quantitative estimate of drug-likeness (QED) is 0.579. The molecule has 0 amide bonds. The van der Waals surface area contributed by atoms with Gasteiger partial charge in [0.25, 0.3) is 0 Å². The van der Waals surface area contributed by atoms with Crippen LogP contribution in [-0.2, 0) is 4.74 Å². The highest BCUT2D eigenvalue weighted by atomic mass is 35.5. The molecule has 1 aromatic rings. The molecule has 0 N–H and O–H groups in total. The van der Waals surface area contributed by atoms with Gasteiger partial charge in [0.15, 0.2) is 0 Å². The minimum Gasteiger partial charge on any atom is -0.349 e. The Kier molecular flexibility index (Phi) is 2.79. The lowest BCUT2D eigenvalue weighted by Gasteiger charge is -2.40. The van der Waals surface area contributed by atoms with Gasteiger partial charge in [-0.3, -0.25) is 4.90 Å². The Bertz CT molecular complexity index is 545. The third kappa shape index (κ3) is 1.47. The summed E-state index contributed by atoms with van der Waals surface area (Å²) in [5.74, 6) is 0.891. The molecule has 3 heteroatoms. The highest BCUT2D eigenvalue weighted by Gasteiger charge is 2.64. The Hall–Kier alpha value is -0.830. The molecule has 1 aromatic carbocycles. The van der Waals surface area contributed by atoms with Crippen molar-refractivity contribution in [1.29, 1.82) is 0 Å². The van der Waals surface area contributed by atoms with Gasteiger partial charge in [-0.25, -0.2) is 0 Å². The van der Waals surface area contributed by atoms with Crippen molar-refractivity contribution in [2.75, 3.05) is 7.05 Å². The minimum atomic E-state index is -0.319. The lowest BCUT2D eigenvalue weighted by atomic mass is 9.95. The normalized spacial score (nSPS) is 46.6. The van der Waals surface area contributed by atoms with Crippen LogP contribution in [0.5, 0.6) is 0 Å². The van der Waals surface area contributed by atoms with Crippen molar-refractivity contribution >= 4 is 11.6 Å². The third-order valence-electron chi connectivity index (χ3n) is 5.46. The molecule has 3 aliphatic rings. The van der Waals surface area contributed by atoms with Crippen molar-refractivity contribution in [3.8, 4) is 0 Å². The smallest absolute Gasteiger partial charge is 0.146 e. The Morgan fingerprint density at radius 1 is 1.25 bits per heavy atom. The van der Waals surface area contributed by atoms with Crippen LogP contribution in [-0.4, -0.2) is 29.1 Å². The lowest BCUT2D eigenvalue weighted by molar-refractivity contribution is -0.113. The molecule has 2 fully saturated rings. The number of likely N-dealkylation sites (N-methyl/N-ethyl adjacent to an activating group) is 1. The molecule has 1 spiro atoms. The van der Waals surface area contributed by atoms with E-state index in [1.807, 2.05) is 6.07 Å². The van der Waals surface area contributed by atoms with E-state index in [9.17, 15) is 0 Å². The van der Waals surface area contributed by atoms with Crippen LogP contribution in [0, 0.1) is 11.8 Å². The monoisotopic (exact) mass is 289 g/mol. The van der Waals surface area contributed by atoms with Gasteiger partial charge in [-0.1, -0.05) is 42.5 Å². The van der Waals surface area contributed by atoms with Gasteiger partial charge in [-0.2, -0.15) is 0 Å². The summed E-state index contributed by atoms with van der Waals surface area (Å²) in [7, 11) is 2.16. The summed E-state index contributed by atoms with van der Waals surface area (Å²) in [4.78, 5) is 2.37. The van der Waals surface area contributed by atoms with E-state index in [1.165, 1.54) is 5.56 Å². The van der Waals surface area contributed by atoms with E-state index in [0.717, 1.165) is 6.42 Å². The molecule has 1 saturated heterocycles. The fourth-order valence-electron chi connectivity index (χ4n) is 4.27. The molecule has 4 rings (SSSR count). The average Bonchev–Trinajstić information content (AvgIpc) is 3.12. The topological polar surface area (TPSA) is 12.5 Å². The molecular weight excluding hydrogens is 270 g/mol. The first-order chi connectivity index (χ1) is 9.64. The summed E-state index contributed by atoms with van der Waals surface area (Å²) in [6, 6.07) is 10.9. The Balaban J connectivity index is 1.73. The number of benzene rings is 1. The largest absolute Gasteiger partial charge is 0.349 e. The molecule has 6 atom stereocenters. The van der Waals surface area contributed by atoms with E-state index in [4.69, 9.17) is 16.3 Å². The van der Waals surface area contributed by atoms with E-state index >= 15 is 0 Å². The van der Waals surface area contributed by atoms with Crippen molar-refractivity contribution < 1.29 is 4.74 Å². The summed E-state index contributed by atoms with van der Waals surface area (Å²) < 4.78 is 6.61. The highest BCUT2D eigenvalue weighted by molar-refractivity contribution is 6.22. The summed E-state index contributed by atoms with van der Waals surface area (Å²) in [5, 5.41) is 0.0543. The maximum Gasteiger partial charge on any atom is 0.146 e. The van der Waals surface area contributed by atoms with Crippen LogP contribution in [0.1, 0.15) is 25.0 Å². The van der Waals surface area contributed by atoms with Gasteiger partial charge in [0.2, 0.25) is 0 Å². The number of hydrogen-bond acceptors (Lipinski definition) is 2. The molecule has 1 aliphatic heterocycles. The SMILES string of the molecule is C[C@H]1[C@@H](c2ccccc2)OC2([C@H](Cl)[C@@H]3C=C[C@H]2C3)N1C. The second-order valence-corrected chi connectivity index (χ2v) is 6.82. The summed E-state index contributed by atoms with van der Waals surface area (Å²) in [6.45, 7) is 2.24. The minimum absolute atomic E-state index is 0.0543. The van der Waals surface area contributed by atoms with Crippen LogP contribution in [0.4, 0.5) is 0 Å². The molecule has 2 nitrogen and oxygen atoms in total. The van der Waals surface area contributed by atoms with E-state index in [0.29, 0.717) is 17.9 Å². The molecule has 1 saturated carbocycles. The van der Waals surface area contributed by atoms with Crippen LogP contribution < -0.4 is 0 Å². The predicted molar refractivity (Wildman–Crippen MR) is 80.6 cm³/mol. The van der Waals surface area contributed by atoms with Gasteiger partial charge in [-0.05, 0) is 31.9 Å². The number of alkyl halides is 1. The number of rotatable bonds is 1. The van der Waals surface area contributed by atoms with E-state index in [2.05, 4.69) is 55.3 Å².